The highest BCUT2D eigenvalue weighted by Gasteiger charge is 2.30. The van der Waals surface area contributed by atoms with Crippen LogP contribution in [-0.2, 0) is 16.4 Å². The van der Waals surface area contributed by atoms with Crippen molar-refractivity contribution in [3.63, 3.8) is 0 Å². The van der Waals surface area contributed by atoms with Crippen molar-refractivity contribution in [1.82, 2.24) is 13.8 Å². The van der Waals surface area contributed by atoms with Gasteiger partial charge in [0.2, 0.25) is 10.0 Å². The molecule has 1 aromatic heterocycles. The average molecular weight is 424 g/mol. The number of rotatable bonds is 5. The second kappa shape index (κ2) is 8.45. The fraction of sp³-hybridized carbons (Fsp3) is 0.261. The summed E-state index contributed by atoms with van der Waals surface area (Å²) in [5, 5.41) is 0. The predicted octanol–water partition coefficient (Wildman–Crippen LogP) is 3.19. The van der Waals surface area contributed by atoms with E-state index in [2.05, 4.69) is 0 Å². The standard InChI is InChI=1S/C23H25N3O3S/c1-2-19-5-11-22(12-6-19)30(28,29)26-17-15-25(16-18-26)23(27)20-7-9-21(10-8-20)24-13-3-4-14-24/h3-14H,2,15-18H2,1H3. The second-order valence-electron chi connectivity index (χ2n) is 7.33. The lowest BCUT2D eigenvalue weighted by Crippen LogP contribution is -2.50. The van der Waals surface area contributed by atoms with E-state index in [0.717, 1.165) is 17.7 Å². The molecule has 3 aromatic rings. The Morgan fingerprint density at radius 3 is 2.03 bits per heavy atom. The van der Waals surface area contributed by atoms with E-state index in [1.165, 1.54) is 4.31 Å². The van der Waals surface area contributed by atoms with Gasteiger partial charge < -0.3 is 9.47 Å². The third-order valence-electron chi connectivity index (χ3n) is 5.51. The van der Waals surface area contributed by atoms with Gasteiger partial charge in [0.25, 0.3) is 5.91 Å². The highest BCUT2D eigenvalue weighted by atomic mass is 32.2. The lowest BCUT2D eigenvalue weighted by molar-refractivity contribution is 0.0698. The molecule has 1 amide bonds. The maximum atomic E-state index is 12.9. The van der Waals surface area contributed by atoms with E-state index in [9.17, 15) is 13.2 Å². The fourth-order valence-corrected chi connectivity index (χ4v) is 5.07. The number of nitrogens with zero attached hydrogens (tertiary/aromatic N) is 3. The van der Waals surface area contributed by atoms with Crippen molar-refractivity contribution in [3.05, 3.63) is 84.2 Å². The molecule has 1 aliphatic heterocycles. The number of benzene rings is 2. The molecule has 4 rings (SSSR count). The zero-order valence-corrected chi connectivity index (χ0v) is 17.8. The molecule has 1 saturated heterocycles. The van der Waals surface area contributed by atoms with Crippen LogP contribution in [0.2, 0.25) is 0 Å². The summed E-state index contributed by atoms with van der Waals surface area (Å²) in [6, 6.07) is 18.4. The number of amides is 1. The Labute approximate surface area is 177 Å². The van der Waals surface area contributed by atoms with Crippen LogP contribution in [0.1, 0.15) is 22.8 Å². The summed E-state index contributed by atoms with van der Waals surface area (Å²) in [5.41, 5.74) is 2.70. The molecule has 0 radical (unpaired) electrons. The van der Waals surface area contributed by atoms with Gasteiger partial charge in [-0.1, -0.05) is 19.1 Å². The van der Waals surface area contributed by atoms with Crippen molar-refractivity contribution in [2.24, 2.45) is 0 Å². The van der Waals surface area contributed by atoms with Gasteiger partial charge in [0, 0.05) is 49.8 Å². The molecule has 0 N–H and O–H groups in total. The first-order valence-electron chi connectivity index (χ1n) is 10.1. The number of hydrogen-bond acceptors (Lipinski definition) is 3. The summed E-state index contributed by atoms with van der Waals surface area (Å²) in [7, 11) is -3.54. The van der Waals surface area contributed by atoms with Crippen LogP contribution >= 0.6 is 0 Å². The molecule has 30 heavy (non-hydrogen) atoms. The highest BCUT2D eigenvalue weighted by molar-refractivity contribution is 7.89. The molecule has 0 unspecified atom stereocenters. The molecular weight excluding hydrogens is 398 g/mol. The van der Waals surface area contributed by atoms with Crippen LogP contribution in [0.5, 0.6) is 0 Å². The normalized spacial score (nSPS) is 15.3. The summed E-state index contributed by atoms with van der Waals surface area (Å²) in [6.07, 6.45) is 4.77. The molecule has 0 bridgehead atoms. The van der Waals surface area contributed by atoms with Crippen molar-refractivity contribution >= 4 is 15.9 Å². The molecule has 0 aliphatic carbocycles. The van der Waals surface area contributed by atoms with Crippen LogP contribution < -0.4 is 0 Å². The Balaban J connectivity index is 1.40. The number of aromatic nitrogens is 1. The zero-order chi connectivity index (χ0) is 21.1. The molecule has 6 nitrogen and oxygen atoms in total. The molecule has 0 saturated carbocycles. The summed E-state index contributed by atoms with van der Waals surface area (Å²) >= 11 is 0. The van der Waals surface area contributed by atoms with E-state index in [4.69, 9.17) is 0 Å². The quantitative estimate of drug-likeness (QED) is 0.633. The van der Waals surface area contributed by atoms with Gasteiger partial charge in [-0.2, -0.15) is 4.31 Å². The lowest BCUT2D eigenvalue weighted by Gasteiger charge is -2.34. The minimum Gasteiger partial charge on any atom is -0.336 e. The van der Waals surface area contributed by atoms with Crippen LogP contribution in [0.3, 0.4) is 0 Å². The molecule has 7 heteroatoms. The summed E-state index contributed by atoms with van der Waals surface area (Å²) in [5.74, 6) is -0.0709. The summed E-state index contributed by atoms with van der Waals surface area (Å²) in [4.78, 5) is 14.9. The van der Waals surface area contributed by atoms with Crippen molar-refractivity contribution in [3.8, 4) is 5.69 Å². The number of carbonyl (C=O) groups is 1. The van der Waals surface area contributed by atoms with Gasteiger partial charge in [-0.25, -0.2) is 8.42 Å². The molecule has 2 aromatic carbocycles. The third kappa shape index (κ3) is 4.04. The number of carbonyl (C=O) groups excluding carboxylic acids is 1. The first-order chi connectivity index (χ1) is 14.5. The third-order valence-corrected chi connectivity index (χ3v) is 7.42. The van der Waals surface area contributed by atoms with Gasteiger partial charge in [-0.15, -0.1) is 0 Å². The highest BCUT2D eigenvalue weighted by Crippen LogP contribution is 2.20. The van der Waals surface area contributed by atoms with Crippen molar-refractivity contribution in [2.75, 3.05) is 26.2 Å². The lowest BCUT2D eigenvalue weighted by atomic mass is 10.1. The van der Waals surface area contributed by atoms with Crippen LogP contribution in [0.25, 0.3) is 5.69 Å². The Hall–Kier alpha value is -2.90. The van der Waals surface area contributed by atoms with Crippen LogP contribution in [0.15, 0.2) is 78.0 Å². The van der Waals surface area contributed by atoms with E-state index >= 15 is 0 Å². The summed E-state index contributed by atoms with van der Waals surface area (Å²) in [6.45, 7) is 3.39. The smallest absolute Gasteiger partial charge is 0.253 e. The van der Waals surface area contributed by atoms with E-state index in [-0.39, 0.29) is 5.91 Å². The first-order valence-corrected chi connectivity index (χ1v) is 11.5. The van der Waals surface area contributed by atoms with Gasteiger partial charge in [-0.05, 0) is 60.5 Å². The minimum atomic E-state index is -3.54. The Morgan fingerprint density at radius 1 is 0.867 bits per heavy atom. The van der Waals surface area contributed by atoms with Gasteiger partial charge in [0.05, 0.1) is 4.90 Å². The maximum Gasteiger partial charge on any atom is 0.253 e. The predicted molar refractivity (Wildman–Crippen MR) is 116 cm³/mol. The van der Waals surface area contributed by atoms with Crippen LogP contribution in [0, 0.1) is 0 Å². The fourth-order valence-electron chi connectivity index (χ4n) is 3.64. The van der Waals surface area contributed by atoms with Gasteiger partial charge in [0.1, 0.15) is 0 Å². The molecule has 156 valence electrons. The van der Waals surface area contributed by atoms with Gasteiger partial charge in [0.15, 0.2) is 0 Å². The second-order valence-corrected chi connectivity index (χ2v) is 9.27. The largest absolute Gasteiger partial charge is 0.336 e. The molecule has 0 spiro atoms. The van der Waals surface area contributed by atoms with Crippen molar-refractivity contribution in [1.29, 1.82) is 0 Å². The molecule has 1 aliphatic rings. The number of hydrogen-bond donors (Lipinski definition) is 0. The number of piperazine rings is 1. The van der Waals surface area contributed by atoms with E-state index < -0.39 is 10.0 Å². The SMILES string of the molecule is CCc1ccc(S(=O)(=O)N2CCN(C(=O)c3ccc(-n4cccc4)cc3)CC2)cc1. The van der Waals surface area contributed by atoms with E-state index in [1.807, 2.05) is 72.4 Å². The Morgan fingerprint density at radius 2 is 1.47 bits per heavy atom. The maximum absolute atomic E-state index is 12.9. The van der Waals surface area contributed by atoms with Crippen LogP contribution in [-0.4, -0.2) is 54.3 Å². The number of sulfonamides is 1. The topological polar surface area (TPSA) is 62.6 Å². The van der Waals surface area contributed by atoms with E-state index in [0.29, 0.717) is 36.6 Å². The van der Waals surface area contributed by atoms with Crippen LogP contribution in [0.4, 0.5) is 0 Å². The Bertz CT molecular complexity index is 1100. The summed E-state index contributed by atoms with van der Waals surface area (Å²) < 4.78 is 29.2. The molecule has 1 fully saturated rings. The molecule has 2 heterocycles. The molecular formula is C23H25N3O3S. The molecule has 0 atom stereocenters. The van der Waals surface area contributed by atoms with Gasteiger partial charge >= 0.3 is 0 Å². The minimum absolute atomic E-state index is 0.0709. The average Bonchev–Trinajstić information content (AvgIpc) is 3.34. The van der Waals surface area contributed by atoms with Crippen molar-refractivity contribution in [2.45, 2.75) is 18.2 Å². The van der Waals surface area contributed by atoms with Gasteiger partial charge in [-0.3, -0.25) is 4.79 Å². The first kappa shape index (κ1) is 20.4. The van der Waals surface area contributed by atoms with E-state index in [1.54, 1.807) is 17.0 Å². The zero-order valence-electron chi connectivity index (χ0n) is 16.9. The Kier molecular flexibility index (Phi) is 5.74. The van der Waals surface area contributed by atoms with Crippen molar-refractivity contribution < 1.29 is 13.2 Å². The monoisotopic (exact) mass is 423 g/mol. The number of aryl methyl sites for hydroxylation is 1.